The van der Waals surface area contributed by atoms with Gasteiger partial charge in [-0.15, -0.1) is 10.2 Å². The molecule has 0 radical (unpaired) electrons. The smallest absolute Gasteiger partial charge is 0.269 e. The number of rotatable bonds is 8. The minimum absolute atomic E-state index is 0.00955. The van der Waals surface area contributed by atoms with E-state index in [0.717, 1.165) is 11.3 Å². The summed E-state index contributed by atoms with van der Waals surface area (Å²) in [5.74, 6) is 0.354. The lowest BCUT2D eigenvalue weighted by molar-refractivity contribution is -0.119. The Bertz CT molecular complexity index is 1380. The number of amides is 2. The number of aryl methyl sites for hydroxylation is 1. The van der Waals surface area contributed by atoms with Crippen molar-refractivity contribution in [1.82, 2.24) is 25.6 Å². The molecule has 9 nitrogen and oxygen atoms in total. The number of ether oxygens (including phenoxy) is 1. The summed E-state index contributed by atoms with van der Waals surface area (Å²) in [5, 5.41) is 17.9. The highest BCUT2D eigenvalue weighted by Crippen LogP contribution is 2.23. The van der Waals surface area contributed by atoms with Gasteiger partial charge >= 0.3 is 0 Å². The van der Waals surface area contributed by atoms with E-state index in [1.54, 1.807) is 36.4 Å². The molecule has 0 aliphatic heterocycles. The van der Waals surface area contributed by atoms with E-state index < -0.39 is 11.8 Å². The fraction of sp³-hybridized carbons (Fsp3) is 0.115. The number of hydrazine groups is 1. The van der Waals surface area contributed by atoms with Crippen molar-refractivity contribution < 1.29 is 14.3 Å². The number of nitrogens with zero attached hydrogens (tertiary/aromatic N) is 4. The molecule has 0 fully saturated rings. The fourth-order valence-electron chi connectivity index (χ4n) is 3.17. The third kappa shape index (κ3) is 6.28. The average Bonchev–Trinajstić information content (AvgIpc) is 3.33. The summed E-state index contributed by atoms with van der Waals surface area (Å²) < 4.78 is 7.65. The standard InChI is InChI=1S/C26H22N6O3S/c1-18-7-11-20(12-8-18)25(34)30-29-24(33)17-36-26-31-28-23(32(26)21-5-3-2-4-6-21)16-35-22-13-9-19(15-27)10-14-22/h2-14H,16-17H2,1H3,(H,29,33)(H,30,34). The van der Waals surface area contributed by atoms with Crippen molar-refractivity contribution in [2.24, 2.45) is 0 Å². The van der Waals surface area contributed by atoms with Crippen LogP contribution in [0.4, 0.5) is 0 Å². The van der Waals surface area contributed by atoms with E-state index in [1.807, 2.05) is 54.0 Å². The van der Waals surface area contributed by atoms with Crippen LogP contribution in [0.3, 0.4) is 0 Å². The zero-order chi connectivity index (χ0) is 25.3. The molecule has 0 atom stereocenters. The highest BCUT2D eigenvalue weighted by Gasteiger charge is 2.17. The maximum Gasteiger partial charge on any atom is 0.269 e. The zero-order valence-electron chi connectivity index (χ0n) is 19.3. The highest BCUT2D eigenvalue weighted by molar-refractivity contribution is 7.99. The average molecular weight is 499 g/mol. The fourth-order valence-corrected chi connectivity index (χ4v) is 3.94. The van der Waals surface area contributed by atoms with E-state index in [2.05, 4.69) is 27.1 Å². The number of benzene rings is 3. The van der Waals surface area contributed by atoms with Crippen LogP contribution >= 0.6 is 11.8 Å². The van der Waals surface area contributed by atoms with Gasteiger partial charge in [0.15, 0.2) is 11.0 Å². The minimum Gasteiger partial charge on any atom is -0.486 e. The Balaban J connectivity index is 1.40. The van der Waals surface area contributed by atoms with Gasteiger partial charge in [0.25, 0.3) is 5.91 Å². The molecule has 0 saturated carbocycles. The molecule has 0 saturated heterocycles. The van der Waals surface area contributed by atoms with Gasteiger partial charge in [-0.3, -0.25) is 25.0 Å². The summed E-state index contributed by atoms with van der Waals surface area (Å²) in [7, 11) is 0. The van der Waals surface area contributed by atoms with Crippen LogP contribution in [0.1, 0.15) is 27.3 Å². The molecule has 36 heavy (non-hydrogen) atoms. The Morgan fingerprint density at radius 2 is 1.69 bits per heavy atom. The van der Waals surface area contributed by atoms with Gasteiger partial charge < -0.3 is 4.74 Å². The largest absolute Gasteiger partial charge is 0.486 e. The van der Waals surface area contributed by atoms with E-state index >= 15 is 0 Å². The first-order valence-electron chi connectivity index (χ1n) is 10.9. The Morgan fingerprint density at radius 3 is 2.39 bits per heavy atom. The number of thioether (sulfide) groups is 1. The van der Waals surface area contributed by atoms with E-state index in [-0.39, 0.29) is 12.4 Å². The van der Waals surface area contributed by atoms with E-state index in [1.165, 1.54) is 11.8 Å². The first-order chi connectivity index (χ1) is 17.5. The van der Waals surface area contributed by atoms with Crippen LogP contribution in [0, 0.1) is 18.3 Å². The number of aromatic nitrogens is 3. The van der Waals surface area contributed by atoms with Gasteiger partial charge in [-0.1, -0.05) is 47.7 Å². The zero-order valence-corrected chi connectivity index (χ0v) is 20.2. The molecule has 0 spiro atoms. The van der Waals surface area contributed by atoms with Crippen molar-refractivity contribution >= 4 is 23.6 Å². The van der Waals surface area contributed by atoms with E-state index in [0.29, 0.717) is 27.9 Å². The van der Waals surface area contributed by atoms with E-state index in [4.69, 9.17) is 10.00 Å². The lowest BCUT2D eigenvalue weighted by atomic mass is 10.1. The molecule has 1 aromatic heterocycles. The quantitative estimate of drug-likeness (QED) is 0.281. The van der Waals surface area contributed by atoms with Crippen LogP contribution in [-0.4, -0.2) is 32.3 Å². The number of hydrogen-bond acceptors (Lipinski definition) is 7. The summed E-state index contributed by atoms with van der Waals surface area (Å²) in [6, 6.07) is 25.4. The van der Waals surface area contributed by atoms with E-state index in [9.17, 15) is 9.59 Å². The SMILES string of the molecule is Cc1ccc(C(=O)NNC(=O)CSc2nnc(COc3ccc(C#N)cc3)n2-c2ccccc2)cc1. The van der Waals surface area contributed by atoms with Crippen molar-refractivity contribution in [2.75, 3.05) is 5.75 Å². The molecule has 2 amide bonds. The minimum atomic E-state index is -0.400. The molecule has 2 N–H and O–H groups in total. The molecular formula is C26H22N6O3S. The summed E-state index contributed by atoms with van der Waals surface area (Å²) in [6.07, 6.45) is 0. The highest BCUT2D eigenvalue weighted by atomic mass is 32.2. The second-order valence-corrected chi connectivity index (χ2v) is 8.59. The van der Waals surface area contributed by atoms with Crippen LogP contribution < -0.4 is 15.6 Å². The Hall–Kier alpha value is -4.62. The second-order valence-electron chi connectivity index (χ2n) is 7.65. The molecule has 0 aliphatic rings. The Morgan fingerprint density at radius 1 is 0.972 bits per heavy atom. The van der Waals surface area contributed by atoms with Crippen LogP contribution in [0.25, 0.3) is 5.69 Å². The molecule has 3 aromatic carbocycles. The number of nitrogens with one attached hydrogen (secondary N) is 2. The summed E-state index contributed by atoms with van der Waals surface area (Å²) >= 11 is 1.18. The number of hydrogen-bond donors (Lipinski definition) is 2. The number of nitriles is 1. The summed E-state index contributed by atoms with van der Waals surface area (Å²) in [6.45, 7) is 2.06. The summed E-state index contributed by atoms with van der Waals surface area (Å²) in [4.78, 5) is 24.6. The Kier molecular flexibility index (Phi) is 7.95. The van der Waals surface area contributed by atoms with Gasteiger partial charge in [0.1, 0.15) is 12.4 Å². The molecule has 0 unspecified atom stereocenters. The van der Waals surface area contributed by atoms with Gasteiger partial charge in [0.05, 0.1) is 17.4 Å². The van der Waals surface area contributed by atoms with Gasteiger partial charge in [0.2, 0.25) is 5.91 Å². The summed E-state index contributed by atoms with van der Waals surface area (Å²) in [5.41, 5.74) is 7.69. The van der Waals surface area contributed by atoms with Crippen LogP contribution in [0.15, 0.2) is 84.0 Å². The van der Waals surface area contributed by atoms with Crippen LogP contribution in [0.5, 0.6) is 5.75 Å². The number of carbonyl (C=O) groups excluding carboxylic acids is 2. The van der Waals surface area contributed by atoms with Gasteiger partial charge in [0, 0.05) is 11.3 Å². The van der Waals surface area contributed by atoms with Crippen LogP contribution in [0.2, 0.25) is 0 Å². The molecule has 0 aliphatic carbocycles. The Labute approximate surface area is 212 Å². The predicted octanol–water partition coefficient (Wildman–Crippen LogP) is 3.58. The molecule has 1 heterocycles. The molecule has 180 valence electrons. The van der Waals surface area contributed by atoms with Crippen molar-refractivity contribution in [3.8, 4) is 17.5 Å². The first-order valence-corrected chi connectivity index (χ1v) is 11.9. The third-order valence-corrected chi connectivity index (χ3v) is 5.96. The molecule has 10 heteroatoms. The van der Waals surface area contributed by atoms with Gasteiger partial charge in [-0.2, -0.15) is 5.26 Å². The molecule has 4 rings (SSSR count). The van der Waals surface area contributed by atoms with Gasteiger partial charge in [-0.05, 0) is 55.5 Å². The molecule has 0 bridgehead atoms. The molecule has 4 aromatic rings. The van der Waals surface area contributed by atoms with Crippen molar-refractivity contribution in [3.63, 3.8) is 0 Å². The van der Waals surface area contributed by atoms with Crippen LogP contribution in [-0.2, 0) is 11.4 Å². The normalized spacial score (nSPS) is 10.3. The molecular weight excluding hydrogens is 476 g/mol. The number of carbonyl (C=O) groups is 2. The lowest BCUT2D eigenvalue weighted by Crippen LogP contribution is -2.42. The number of para-hydroxylation sites is 1. The first kappa shape index (κ1) is 24.5. The topological polar surface area (TPSA) is 122 Å². The predicted molar refractivity (Wildman–Crippen MR) is 134 cm³/mol. The van der Waals surface area contributed by atoms with Crippen molar-refractivity contribution in [2.45, 2.75) is 18.7 Å². The second kappa shape index (κ2) is 11.7. The van der Waals surface area contributed by atoms with Crippen molar-refractivity contribution in [3.05, 3.63) is 101 Å². The van der Waals surface area contributed by atoms with Crippen molar-refractivity contribution in [1.29, 1.82) is 5.26 Å². The van der Waals surface area contributed by atoms with Gasteiger partial charge in [-0.25, -0.2) is 0 Å². The third-order valence-electron chi connectivity index (χ3n) is 5.03. The maximum absolute atomic E-state index is 12.4. The maximum atomic E-state index is 12.4. The lowest BCUT2D eigenvalue weighted by Gasteiger charge is -2.11. The monoisotopic (exact) mass is 498 g/mol.